The molecular weight excluding hydrogens is 297 g/mol. The standard InChI is InChI=1S/C17H20FN3O2/c1-3-9-19-15(22)11-21-16(23)10-14(4-2)20-17(21)12-5-7-13(18)8-6-12/h5-8,10H,3-4,9,11H2,1-2H3,(H,19,22). The minimum atomic E-state index is -0.366. The maximum absolute atomic E-state index is 13.1. The Labute approximate surface area is 134 Å². The normalized spacial score (nSPS) is 10.6. The molecule has 0 unspecified atom stereocenters. The number of carbonyl (C=O) groups is 1. The van der Waals surface area contributed by atoms with Gasteiger partial charge in [-0.3, -0.25) is 14.2 Å². The molecule has 1 aromatic carbocycles. The van der Waals surface area contributed by atoms with Crippen LogP contribution < -0.4 is 10.9 Å². The lowest BCUT2D eigenvalue weighted by atomic mass is 10.2. The van der Waals surface area contributed by atoms with Gasteiger partial charge in [0.2, 0.25) is 5.91 Å². The fraction of sp³-hybridized carbons (Fsp3) is 0.353. The quantitative estimate of drug-likeness (QED) is 0.888. The van der Waals surface area contributed by atoms with E-state index in [9.17, 15) is 14.0 Å². The first kappa shape index (κ1) is 16.9. The fourth-order valence-electron chi connectivity index (χ4n) is 2.17. The number of hydrogen-bond acceptors (Lipinski definition) is 3. The third-order valence-corrected chi connectivity index (χ3v) is 3.40. The van der Waals surface area contributed by atoms with Gasteiger partial charge in [-0.05, 0) is 37.1 Å². The van der Waals surface area contributed by atoms with Gasteiger partial charge in [0.1, 0.15) is 18.2 Å². The van der Waals surface area contributed by atoms with Gasteiger partial charge < -0.3 is 5.32 Å². The molecule has 6 heteroatoms. The van der Waals surface area contributed by atoms with E-state index >= 15 is 0 Å². The molecule has 2 aromatic rings. The molecule has 1 amide bonds. The molecular formula is C17H20FN3O2. The smallest absolute Gasteiger partial charge is 0.254 e. The average molecular weight is 317 g/mol. The third kappa shape index (κ3) is 4.25. The van der Waals surface area contributed by atoms with Crippen LogP contribution in [0.4, 0.5) is 4.39 Å². The average Bonchev–Trinajstić information content (AvgIpc) is 2.55. The van der Waals surface area contributed by atoms with Crippen molar-refractivity contribution in [2.45, 2.75) is 33.2 Å². The molecule has 0 fully saturated rings. The molecule has 0 atom stereocenters. The van der Waals surface area contributed by atoms with Crippen LogP contribution in [0, 0.1) is 5.82 Å². The summed E-state index contributed by atoms with van der Waals surface area (Å²) in [5.74, 6) is -0.237. The molecule has 0 spiro atoms. The van der Waals surface area contributed by atoms with Gasteiger partial charge >= 0.3 is 0 Å². The second-order valence-corrected chi connectivity index (χ2v) is 5.21. The molecule has 0 aliphatic carbocycles. The minimum Gasteiger partial charge on any atom is -0.355 e. The highest BCUT2D eigenvalue weighted by molar-refractivity contribution is 5.76. The van der Waals surface area contributed by atoms with Crippen LogP contribution in [-0.4, -0.2) is 22.0 Å². The molecule has 5 nitrogen and oxygen atoms in total. The van der Waals surface area contributed by atoms with Crippen molar-refractivity contribution in [3.05, 3.63) is 52.2 Å². The molecule has 0 radical (unpaired) electrons. The highest BCUT2D eigenvalue weighted by Crippen LogP contribution is 2.17. The number of rotatable bonds is 6. The van der Waals surface area contributed by atoms with Crippen molar-refractivity contribution >= 4 is 5.91 Å². The molecule has 122 valence electrons. The van der Waals surface area contributed by atoms with Crippen molar-refractivity contribution in [3.8, 4) is 11.4 Å². The van der Waals surface area contributed by atoms with E-state index in [4.69, 9.17) is 0 Å². The summed E-state index contributed by atoms with van der Waals surface area (Å²) in [6, 6.07) is 7.15. The summed E-state index contributed by atoms with van der Waals surface area (Å²) >= 11 is 0. The van der Waals surface area contributed by atoms with E-state index < -0.39 is 0 Å². The maximum Gasteiger partial charge on any atom is 0.254 e. The third-order valence-electron chi connectivity index (χ3n) is 3.40. The molecule has 0 saturated carbocycles. The number of amides is 1. The van der Waals surface area contributed by atoms with E-state index in [0.717, 1.165) is 6.42 Å². The molecule has 0 aliphatic heterocycles. The summed E-state index contributed by atoms with van der Waals surface area (Å²) in [7, 11) is 0. The van der Waals surface area contributed by atoms with Crippen LogP contribution in [0.3, 0.4) is 0 Å². The number of nitrogens with one attached hydrogen (secondary N) is 1. The molecule has 1 aromatic heterocycles. The first-order chi connectivity index (χ1) is 11.0. The summed E-state index contributed by atoms with van der Waals surface area (Å²) in [4.78, 5) is 28.7. The molecule has 1 heterocycles. The Bertz CT molecular complexity index is 738. The van der Waals surface area contributed by atoms with Crippen molar-refractivity contribution in [1.29, 1.82) is 0 Å². The van der Waals surface area contributed by atoms with Gasteiger partial charge in [0.05, 0.1) is 0 Å². The Morgan fingerprint density at radius 1 is 1.26 bits per heavy atom. The first-order valence-electron chi connectivity index (χ1n) is 7.68. The number of halogens is 1. The van der Waals surface area contributed by atoms with Crippen molar-refractivity contribution in [1.82, 2.24) is 14.9 Å². The van der Waals surface area contributed by atoms with Crippen LogP contribution in [0.1, 0.15) is 26.0 Å². The van der Waals surface area contributed by atoms with Crippen LogP contribution in [0.2, 0.25) is 0 Å². The van der Waals surface area contributed by atoms with Gasteiger partial charge in [-0.15, -0.1) is 0 Å². The second kappa shape index (κ2) is 7.67. The number of carbonyl (C=O) groups excluding carboxylic acids is 1. The van der Waals surface area contributed by atoms with Crippen LogP contribution in [0.15, 0.2) is 35.1 Å². The van der Waals surface area contributed by atoms with Crippen LogP contribution >= 0.6 is 0 Å². The van der Waals surface area contributed by atoms with E-state index in [-0.39, 0.29) is 23.8 Å². The predicted molar refractivity (Wildman–Crippen MR) is 86.6 cm³/mol. The number of aromatic nitrogens is 2. The Kier molecular flexibility index (Phi) is 5.62. The summed E-state index contributed by atoms with van der Waals surface area (Å²) in [6.07, 6.45) is 1.42. The lowest BCUT2D eigenvalue weighted by molar-refractivity contribution is -0.121. The Morgan fingerprint density at radius 3 is 2.57 bits per heavy atom. The van der Waals surface area contributed by atoms with E-state index in [1.165, 1.54) is 22.8 Å². The topological polar surface area (TPSA) is 64.0 Å². The van der Waals surface area contributed by atoms with Gasteiger partial charge in [0.25, 0.3) is 5.56 Å². The zero-order valence-electron chi connectivity index (χ0n) is 13.3. The number of aryl methyl sites for hydroxylation is 1. The molecule has 0 aliphatic rings. The molecule has 23 heavy (non-hydrogen) atoms. The van der Waals surface area contributed by atoms with E-state index in [2.05, 4.69) is 10.3 Å². The number of nitrogens with zero attached hydrogens (tertiary/aromatic N) is 2. The Hall–Kier alpha value is -2.50. The zero-order chi connectivity index (χ0) is 16.8. The van der Waals surface area contributed by atoms with Crippen molar-refractivity contribution in [2.75, 3.05) is 6.54 Å². The van der Waals surface area contributed by atoms with Crippen molar-refractivity contribution < 1.29 is 9.18 Å². The van der Waals surface area contributed by atoms with Crippen LogP contribution in [0.25, 0.3) is 11.4 Å². The lowest BCUT2D eigenvalue weighted by Gasteiger charge is -2.13. The van der Waals surface area contributed by atoms with E-state index in [1.54, 1.807) is 12.1 Å². The largest absolute Gasteiger partial charge is 0.355 e. The monoisotopic (exact) mass is 317 g/mol. The van der Waals surface area contributed by atoms with E-state index in [0.29, 0.717) is 30.0 Å². The maximum atomic E-state index is 13.1. The number of benzene rings is 1. The summed E-state index contributed by atoms with van der Waals surface area (Å²) in [5, 5.41) is 2.74. The molecule has 1 N–H and O–H groups in total. The highest BCUT2D eigenvalue weighted by atomic mass is 19.1. The SMILES string of the molecule is CCCNC(=O)Cn1c(-c2ccc(F)cc2)nc(CC)cc1=O. The lowest BCUT2D eigenvalue weighted by Crippen LogP contribution is -2.34. The van der Waals surface area contributed by atoms with Gasteiger partial charge in [0.15, 0.2) is 0 Å². The highest BCUT2D eigenvalue weighted by Gasteiger charge is 2.13. The van der Waals surface area contributed by atoms with Gasteiger partial charge in [-0.25, -0.2) is 9.37 Å². The fourth-order valence-corrected chi connectivity index (χ4v) is 2.17. The second-order valence-electron chi connectivity index (χ2n) is 5.21. The number of hydrogen-bond donors (Lipinski definition) is 1. The molecule has 2 rings (SSSR count). The first-order valence-corrected chi connectivity index (χ1v) is 7.68. The Balaban J connectivity index is 2.45. The molecule has 0 bridgehead atoms. The molecule has 0 saturated heterocycles. The summed E-state index contributed by atoms with van der Waals surface area (Å²) in [5.41, 5.74) is 0.949. The van der Waals surface area contributed by atoms with Crippen molar-refractivity contribution in [3.63, 3.8) is 0 Å². The van der Waals surface area contributed by atoms with Crippen LogP contribution in [-0.2, 0) is 17.8 Å². The summed E-state index contributed by atoms with van der Waals surface area (Å²) in [6.45, 7) is 4.30. The summed E-state index contributed by atoms with van der Waals surface area (Å²) < 4.78 is 14.4. The Morgan fingerprint density at radius 2 is 1.96 bits per heavy atom. The van der Waals surface area contributed by atoms with Gasteiger partial charge in [0, 0.05) is 23.9 Å². The minimum absolute atomic E-state index is 0.109. The van der Waals surface area contributed by atoms with Gasteiger partial charge in [-0.1, -0.05) is 13.8 Å². The zero-order valence-corrected chi connectivity index (χ0v) is 13.3. The van der Waals surface area contributed by atoms with Crippen molar-refractivity contribution in [2.24, 2.45) is 0 Å². The van der Waals surface area contributed by atoms with Crippen LogP contribution in [0.5, 0.6) is 0 Å². The van der Waals surface area contributed by atoms with E-state index in [1.807, 2.05) is 13.8 Å². The van der Waals surface area contributed by atoms with Gasteiger partial charge in [-0.2, -0.15) is 0 Å². The predicted octanol–water partition coefficient (Wildman–Crippen LogP) is 2.14.